The summed E-state index contributed by atoms with van der Waals surface area (Å²) in [4.78, 5) is 9.92. The van der Waals surface area contributed by atoms with Crippen LogP contribution in [0.15, 0.2) is 54.6 Å². The van der Waals surface area contributed by atoms with Gasteiger partial charge in [0.05, 0.1) is 16.7 Å². The number of nitrogens with one attached hydrogen (secondary N) is 1. The maximum absolute atomic E-state index is 5.51. The monoisotopic (exact) mass is 239 g/mol. The summed E-state index contributed by atoms with van der Waals surface area (Å²) in [6, 6.07) is 18.2. The van der Waals surface area contributed by atoms with Gasteiger partial charge in [-0.1, -0.05) is 30.3 Å². The van der Waals surface area contributed by atoms with Crippen LogP contribution in [0.1, 0.15) is 0 Å². The molecule has 0 fully saturated rings. The summed E-state index contributed by atoms with van der Waals surface area (Å²) in [5, 5.41) is 0. The number of aryl methyl sites for hydroxylation is 1. The van der Waals surface area contributed by atoms with Gasteiger partial charge in [-0.3, -0.25) is 4.57 Å². The maximum atomic E-state index is 5.51. The Labute approximate surface area is 105 Å². The molecule has 1 aromatic heterocycles. The molecule has 0 aliphatic rings. The lowest BCUT2D eigenvalue weighted by molar-refractivity contribution is 0.361. The Morgan fingerprint density at radius 2 is 1.72 bits per heavy atom. The van der Waals surface area contributed by atoms with Crippen molar-refractivity contribution in [3.8, 4) is 6.01 Å². The van der Waals surface area contributed by atoms with Crippen molar-refractivity contribution in [1.82, 2.24) is 9.55 Å². The average Bonchev–Trinajstić information content (AvgIpc) is 2.75. The molecule has 0 unspecified atom stereocenters. The van der Waals surface area contributed by atoms with E-state index in [1.54, 1.807) is 0 Å². The van der Waals surface area contributed by atoms with Crippen LogP contribution in [0, 0.1) is 0 Å². The zero-order chi connectivity index (χ0) is 12.4. The molecule has 0 spiro atoms. The second kappa shape index (κ2) is 4.41. The second-order valence-corrected chi connectivity index (χ2v) is 4.01. The van der Waals surface area contributed by atoms with Gasteiger partial charge in [-0.05, 0) is 24.3 Å². The van der Waals surface area contributed by atoms with Gasteiger partial charge in [0.2, 0.25) is 0 Å². The summed E-state index contributed by atoms with van der Waals surface area (Å²) in [6.07, 6.45) is 0. The highest BCUT2D eigenvalue weighted by Gasteiger charge is 2.07. The summed E-state index contributed by atoms with van der Waals surface area (Å²) < 4.78 is 1.91. The highest BCUT2D eigenvalue weighted by Crippen LogP contribution is 2.19. The molecule has 0 amide bonds. The second-order valence-electron chi connectivity index (χ2n) is 4.01. The van der Waals surface area contributed by atoms with E-state index in [9.17, 15) is 0 Å². The lowest BCUT2D eigenvalue weighted by atomic mass is 10.3. The van der Waals surface area contributed by atoms with Gasteiger partial charge in [-0.2, -0.15) is 4.98 Å². The first kappa shape index (κ1) is 10.7. The third-order valence-corrected chi connectivity index (χ3v) is 2.78. The van der Waals surface area contributed by atoms with E-state index >= 15 is 0 Å². The van der Waals surface area contributed by atoms with Crippen molar-refractivity contribution in [3.63, 3.8) is 0 Å². The number of para-hydroxylation sites is 3. The number of rotatable bonds is 3. The number of hydrogen-bond donors (Lipinski definition) is 1. The number of anilines is 1. The molecular weight excluding hydrogens is 226 g/mol. The lowest BCUT2D eigenvalue weighted by Gasteiger charge is -2.06. The van der Waals surface area contributed by atoms with Crippen LogP contribution in [0.4, 0.5) is 5.69 Å². The molecular formula is C14H13N3O. The molecule has 18 heavy (non-hydrogen) atoms. The van der Waals surface area contributed by atoms with Gasteiger partial charge in [0.1, 0.15) is 0 Å². The van der Waals surface area contributed by atoms with E-state index in [1.165, 1.54) is 0 Å². The average molecular weight is 239 g/mol. The molecule has 0 bridgehead atoms. The van der Waals surface area contributed by atoms with Crippen LogP contribution in [-0.4, -0.2) is 9.55 Å². The summed E-state index contributed by atoms with van der Waals surface area (Å²) in [5.74, 6) is 0. The molecule has 4 nitrogen and oxygen atoms in total. The quantitative estimate of drug-likeness (QED) is 0.714. The van der Waals surface area contributed by atoms with Crippen molar-refractivity contribution >= 4 is 16.7 Å². The predicted octanol–water partition coefficient (Wildman–Crippen LogP) is 2.98. The molecule has 0 aliphatic heterocycles. The highest BCUT2D eigenvalue weighted by molar-refractivity contribution is 5.76. The first-order valence-electron chi connectivity index (χ1n) is 5.74. The smallest absolute Gasteiger partial charge is 0.324 e. The molecule has 3 rings (SSSR count). The van der Waals surface area contributed by atoms with Gasteiger partial charge in [0, 0.05) is 7.05 Å². The Hall–Kier alpha value is -2.49. The maximum Gasteiger partial charge on any atom is 0.324 e. The van der Waals surface area contributed by atoms with Crippen LogP contribution in [0.5, 0.6) is 6.01 Å². The van der Waals surface area contributed by atoms with Gasteiger partial charge in [-0.25, -0.2) is 5.48 Å². The fourth-order valence-electron chi connectivity index (χ4n) is 1.83. The molecule has 0 saturated carbocycles. The largest absolute Gasteiger partial charge is 0.342 e. The molecule has 0 atom stereocenters. The lowest BCUT2D eigenvalue weighted by Crippen LogP contribution is -2.08. The van der Waals surface area contributed by atoms with Gasteiger partial charge in [-0.15, -0.1) is 0 Å². The normalized spacial score (nSPS) is 10.5. The number of imidazole rings is 1. The molecule has 1 N–H and O–H groups in total. The minimum absolute atomic E-state index is 0.542. The zero-order valence-electron chi connectivity index (χ0n) is 10.00. The number of fused-ring (bicyclic) bond motifs is 1. The number of nitrogens with zero attached hydrogens (tertiary/aromatic N) is 2. The number of hydrogen-bond acceptors (Lipinski definition) is 3. The summed E-state index contributed by atoms with van der Waals surface area (Å²) >= 11 is 0. The summed E-state index contributed by atoms with van der Waals surface area (Å²) in [6.45, 7) is 0. The first-order chi connectivity index (χ1) is 8.84. The van der Waals surface area contributed by atoms with E-state index in [0.29, 0.717) is 6.01 Å². The van der Waals surface area contributed by atoms with Crippen LogP contribution in [0.3, 0.4) is 0 Å². The van der Waals surface area contributed by atoms with Gasteiger partial charge >= 0.3 is 6.01 Å². The molecule has 3 aromatic rings. The summed E-state index contributed by atoms with van der Waals surface area (Å²) in [7, 11) is 1.93. The number of benzene rings is 2. The fourth-order valence-corrected chi connectivity index (χ4v) is 1.83. The van der Waals surface area contributed by atoms with E-state index < -0.39 is 0 Å². The van der Waals surface area contributed by atoms with Gasteiger partial charge in [0.25, 0.3) is 0 Å². The topological polar surface area (TPSA) is 39.1 Å². The standard InChI is InChI=1S/C14H13N3O/c1-17-13-10-6-5-9-12(13)15-14(17)18-16-11-7-3-2-4-8-11/h2-10,16H,1H3. The van der Waals surface area contributed by atoms with Crippen molar-refractivity contribution in [2.45, 2.75) is 0 Å². The van der Waals surface area contributed by atoms with Crippen LogP contribution in [-0.2, 0) is 7.05 Å². The molecule has 2 aromatic carbocycles. The van der Waals surface area contributed by atoms with Crippen molar-refractivity contribution in [2.24, 2.45) is 7.05 Å². The van der Waals surface area contributed by atoms with Crippen molar-refractivity contribution in [3.05, 3.63) is 54.6 Å². The van der Waals surface area contributed by atoms with Gasteiger partial charge < -0.3 is 4.84 Å². The molecule has 0 radical (unpaired) electrons. The van der Waals surface area contributed by atoms with Crippen molar-refractivity contribution in [2.75, 3.05) is 5.48 Å². The zero-order valence-corrected chi connectivity index (χ0v) is 10.00. The van der Waals surface area contributed by atoms with Gasteiger partial charge in [0.15, 0.2) is 0 Å². The Morgan fingerprint density at radius 3 is 2.50 bits per heavy atom. The SMILES string of the molecule is Cn1c(ONc2ccccc2)nc2ccccc21. The van der Waals surface area contributed by atoms with Crippen LogP contribution < -0.4 is 10.3 Å². The van der Waals surface area contributed by atoms with Crippen molar-refractivity contribution < 1.29 is 4.84 Å². The van der Waals surface area contributed by atoms with E-state index in [0.717, 1.165) is 16.7 Å². The van der Waals surface area contributed by atoms with Crippen LogP contribution >= 0.6 is 0 Å². The number of aromatic nitrogens is 2. The Balaban J connectivity index is 1.85. The molecule has 1 heterocycles. The third kappa shape index (κ3) is 1.88. The van der Waals surface area contributed by atoms with E-state index in [2.05, 4.69) is 10.5 Å². The first-order valence-corrected chi connectivity index (χ1v) is 5.74. The van der Waals surface area contributed by atoms with Crippen LogP contribution in [0.25, 0.3) is 11.0 Å². The van der Waals surface area contributed by atoms with E-state index in [1.807, 2.05) is 66.2 Å². The minimum Gasteiger partial charge on any atom is -0.342 e. The Morgan fingerprint density at radius 1 is 1.00 bits per heavy atom. The van der Waals surface area contributed by atoms with Crippen LogP contribution in [0.2, 0.25) is 0 Å². The highest BCUT2D eigenvalue weighted by atomic mass is 16.7. The Kier molecular flexibility index (Phi) is 2.61. The minimum atomic E-state index is 0.542. The predicted molar refractivity (Wildman–Crippen MR) is 71.4 cm³/mol. The summed E-state index contributed by atoms with van der Waals surface area (Å²) in [5.41, 5.74) is 5.74. The molecule has 0 aliphatic carbocycles. The van der Waals surface area contributed by atoms with E-state index in [-0.39, 0.29) is 0 Å². The third-order valence-electron chi connectivity index (χ3n) is 2.78. The fraction of sp³-hybridized carbons (Fsp3) is 0.0714. The molecule has 4 heteroatoms. The Bertz CT molecular complexity index is 661. The van der Waals surface area contributed by atoms with Crippen molar-refractivity contribution in [1.29, 1.82) is 0 Å². The van der Waals surface area contributed by atoms with E-state index in [4.69, 9.17) is 4.84 Å². The molecule has 90 valence electrons. The molecule has 0 saturated heterocycles.